The van der Waals surface area contributed by atoms with E-state index in [0.717, 1.165) is 26.9 Å². The topological polar surface area (TPSA) is 9.23 Å². The zero-order valence-corrected chi connectivity index (χ0v) is 14.5. The number of ether oxygens (including phenoxy) is 1. The highest BCUT2D eigenvalue weighted by Gasteiger charge is 2.19. The summed E-state index contributed by atoms with van der Waals surface area (Å²) in [6.45, 7) is 6.25. The molecule has 0 bridgehead atoms. The van der Waals surface area contributed by atoms with Gasteiger partial charge in [0.1, 0.15) is 5.75 Å². The monoisotopic (exact) mass is 352 g/mol. The second-order valence-electron chi connectivity index (χ2n) is 5.00. The highest BCUT2D eigenvalue weighted by Crippen LogP contribution is 2.39. The Labute approximate surface area is 134 Å². The maximum Gasteiger partial charge on any atom is 0.124 e. The van der Waals surface area contributed by atoms with Crippen LogP contribution in [0.5, 0.6) is 5.75 Å². The molecular formula is C17H18BrClO. The van der Waals surface area contributed by atoms with Crippen molar-refractivity contribution in [2.75, 3.05) is 7.11 Å². The van der Waals surface area contributed by atoms with Gasteiger partial charge in [0.25, 0.3) is 0 Å². The molecule has 0 aromatic heterocycles. The first-order valence-corrected chi connectivity index (χ1v) is 7.73. The summed E-state index contributed by atoms with van der Waals surface area (Å²) in [6, 6.07) is 10.3. The second kappa shape index (κ2) is 6.19. The Morgan fingerprint density at radius 3 is 2.40 bits per heavy atom. The maximum absolute atomic E-state index is 6.72. The van der Waals surface area contributed by atoms with Crippen LogP contribution in [0.2, 0.25) is 0 Å². The van der Waals surface area contributed by atoms with E-state index in [2.05, 4.69) is 41.9 Å². The van der Waals surface area contributed by atoms with E-state index in [1.165, 1.54) is 11.1 Å². The van der Waals surface area contributed by atoms with Gasteiger partial charge in [-0.05, 0) is 55.2 Å². The van der Waals surface area contributed by atoms with E-state index in [-0.39, 0.29) is 5.38 Å². The van der Waals surface area contributed by atoms with Gasteiger partial charge >= 0.3 is 0 Å². The van der Waals surface area contributed by atoms with E-state index in [1.807, 2.05) is 25.1 Å². The molecule has 1 atom stereocenters. The number of halogens is 2. The molecule has 20 heavy (non-hydrogen) atoms. The normalized spacial score (nSPS) is 12.3. The van der Waals surface area contributed by atoms with Crippen molar-refractivity contribution in [1.82, 2.24) is 0 Å². The third-order valence-corrected chi connectivity index (χ3v) is 5.03. The smallest absolute Gasteiger partial charge is 0.124 e. The minimum Gasteiger partial charge on any atom is -0.496 e. The van der Waals surface area contributed by atoms with Crippen molar-refractivity contribution >= 4 is 27.5 Å². The molecule has 0 radical (unpaired) electrons. The first kappa shape index (κ1) is 15.4. The van der Waals surface area contributed by atoms with Crippen LogP contribution in [0.3, 0.4) is 0 Å². The van der Waals surface area contributed by atoms with Crippen molar-refractivity contribution in [3.8, 4) is 5.75 Å². The van der Waals surface area contributed by atoms with E-state index < -0.39 is 0 Å². The number of hydrogen-bond donors (Lipinski definition) is 0. The Balaban J connectivity index is 2.55. The Hall–Kier alpha value is -0.990. The molecule has 106 valence electrons. The minimum atomic E-state index is -0.221. The summed E-state index contributed by atoms with van der Waals surface area (Å²) in [4.78, 5) is 0. The fraction of sp³-hybridized carbons (Fsp3) is 0.294. The molecule has 0 saturated carbocycles. The lowest BCUT2D eigenvalue weighted by Crippen LogP contribution is -2.01. The Morgan fingerprint density at radius 1 is 1.05 bits per heavy atom. The van der Waals surface area contributed by atoms with Crippen LogP contribution in [0, 0.1) is 20.8 Å². The summed E-state index contributed by atoms with van der Waals surface area (Å²) in [5.41, 5.74) is 5.72. The molecule has 0 heterocycles. The lowest BCUT2D eigenvalue weighted by Gasteiger charge is -2.18. The average molecular weight is 354 g/mol. The number of hydrogen-bond acceptors (Lipinski definition) is 1. The van der Waals surface area contributed by atoms with E-state index in [0.29, 0.717) is 0 Å². The maximum atomic E-state index is 6.72. The van der Waals surface area contributed by atoms with Crippen LogP contribution in [0.25, 0.3) is 0 Å². The Kier molecular flexibility index (Phi) is 4.77. The van der Waals surface area contributed by atoms with Crippen LogP contribution in [0.4, 0.5) is 0 Å². The summed E-state index contributed by atoms with van der Waals surface area (Å²) >= 11 is 10.3. The first-order chi connectivity index (χ1) is 9.45. The molecule has 0 N–H and O–H groups in total. The van der Waals surface area contributed by atoms with E-state index in [1.54, 1.807) is 7.11 Å². The molecule has 0 aliphatic rings. The predicted molar refractivity (Wildman–Crippen MR) is 89.0 cm³/mol. The van der Waals surface area contributed by atoms with Gasteiger partial charge in [-0.2, -0.15) is 0 Å². The molecule has 1 unspecified atom stereocenters. The first-order valence-electron chi connectivity index (χ1n) is 6.50. The van der Waals surface area contributed by atoms with Crippen molar-refractivity contribution < 1.29 is 4.74 Å². The van der Waals surface area contributed by atoms with Crippen LogP contribution in [-0.2, 0) is 0 Å². The van der Waals surface area contributed by atoms with E-state index in [4.69, 9.17) is 16.3 Å². The molecule has 2 aromatic carbocycles. The van der Waals surface area contributed by atoms with Gasteiger partial charge in [-0.3, -0.25) is 0 Å². The summed E-state index contributed by atoms with van der Waals surface area (Å²) in [7, 11) is 1.68. The zero-order chi connectivity index (χ0) is 14.9. The van der Waals surface area contributed by atoms with Crippen LogP contribution < -0.4 is 4.74 Å². The highest BCUT2D eigenvalue weighted by molar-refractivity contribution is 9.10. The summed E-state index contributed by atoms with van der Waals surface area (Å²) in [5, 5.41) is -0.221. The molecular weight excluding hydrogens is 336 g/mol. The second-order valence-corrected chi connectivity index (χ2v) is 6.29. The lowest BCUT2D eigenvalue weighted by atomic mass is 9.96. The van der Waals surface area contributed by atoms with Crippen LogP contribution in [0.1, 0.15) is 33.2 Å². The van der Waals surface area contributed by atoms with Gasteiger partial charge in [0.2, 0.25) is 0 Å². The largest absolute Gasteiger partial charge is 0.496 e. The Morgan fingerprint density at radius 2 is 1.75 bits per heavy atom. The quantitative estimate of drug-likeness (QED) is 0.642. The van der Waals surface area contributed by atoms with Crippen LogP contribution in [-0.4, -0.2) is 7.11 Å². The molecule has 1 nitrogen and oxygen atoms in total. The van der Waals surface area contributed by atoms with Crippen molar-refractivity contribution in [2.45, 2.75) is 26.1 Å². The van der Waals surface area contributed by atoms with Crippen molar-refractivity contribution in [2.24, 2.45) is 0 Å². The molecule has 3 heteroatoms. The van der Waals surface area contributed by atoms with Crippen molar-refractivity contribution in [1.29, 1.82) is 0 Å². The van der Waals surface area contributed by atoms with Gasteiger partial charge in [-0.15, -0.1) is 11.6 Å². The van der Waals surface area contributed by atoms with Gasteiger partial charge in [0.05, 0.1) is 12.5 Å². The van der Waals surface area contributed by atoms with Crippen LogP contribution in [0.15, 0.2) is 34.8 Å². The number of methoxy groups -OCH3 is 1. The van der Waals surface area contributed by atoms with Gasteiger partial charge in [0, 0.05) is 10.0 Å². The SMILES string of the molecule is COc1cc(C)c(Br)cc1C(Cl)c1cccc(C)c1C. The van der Waals surface area contributed by atoms with Gasteiger partial charge < -0.3 is 4.74 Å². The number of rotatable bonds is 3. The third-order valence-electron chi connectivity index (χ3n) is 3.70. The average Bonchev–Trinajstić information content (AvgIpc) is 2.43. The number of aryl methyl sites for hydroxylation is 2. The minimum absolute atomic E-state index is 0.221. The zero-order valence-electron chi connectivity index (χ0n) is 12.1. The van der Waals surface area contributed by atoms with Gasteiger partial charge in [0.15, 0.2) is 0 Å². The van der Waals surface area contributed by atoms with E-state index >= 15 is 0 Å². The molecule has 0 aliphatic heterocycles. The molecule has 0 saturated heterocycles. The fourth-order valence-electron chi connectivity index (χ4n) is 2.26. The predicted octanol–water partition coefficient (Wildman–Crippen LogP) is 5.71. The summed E-state index contributed by atoms with van der Waals surface area (Å²) < 4.78 is 6.53. The molecule has 0 aliphatic carbocycles. The molecule has 0 fully saturated rings. The van der Waals surface area contributed by atoms with Gasteiger partial charge in [-0.25, -0.2) is 0 Å². The standard InChI is InChI=1S/C17H18BrClO/c1-10-6-5-7-13(12(10)3)17(19)14-9-15(18)11(2)8-16(14)20-4/h5-9,17H,1-4H3. The third kappa shape index (κ3) is 2.87. The molecule has 0 amide bonds. The molecule has 0 spiro atoms. The lowest BCUT2D eigenvalue weighted by molar-refractivity contribution is 0.409. The Bertz CT molecular complexity index is 637. The van der Waals surface area contributed by atoms with Gasteiger partial charge in [-0.1, -0.05) is 34.1 Å². The number of alkyl halides is 1. The van der Waals surface area contributed by atoms with Crippen LogP contribution >= 0.6 is 27.5 Å². The summed E-state index contributed by atoms with van der Waals surface area (Å²) in [6.07, 6.45) is 0. The number of benzene rings is 2. The molecule has 2 aromatic rings. The summed E-state index contributed by atoms with van der Waals surface area (Å²) in [5.74, 6) is 0.826. The molecule has 2 rings (SSSR count). The fourth-order valence-corrected chi connectivity index (χ4v) is 3.03. The van der Waals surface area contributed by atoms with E-state index in [9.17, 15) is 0 Å². The van der Waals surface area contributed by atoms with Crippen molar-refractivity contribution in [3.63, 3.8) is 0 Å². The highest BCUT2D eigenvalue weighted by atomic mass is 79.9. The van der Waals surface area contributed by atoms with Crippen molar-refractivity contribution in [3.05, 3.63) is 62.6 Å².